The molecule has 1 amide bonds. The van der Waals surface area contributed by atoms with E-state index in [4.69, 9.17) is 4.74 Å². The molecule has 2 N–H and O–H groups in total. The number of carbonyl (C=O) groups is 1. The van der Waals surface area contributed by atoms with Crippen molar-refractivity contribution >= 4 is 5.91 Å². The fourth-order valence-electron chi connectivity index (χ4n) is 4.12. The molecule has 2 aliphatic heterocycles. The smallest absolute Gasteiger partial charge is 0.234 e. The molecule has 0 aliphatic carbocycles. The van der Waals surface area contributed by atoms with Crippen molar-refractivity contribution in [3.63, 3.8) is 0 Å². The summed E-state index contributed by atoms with van der Waals surface area (Å²) < 4.78 is 5.56. The third-order valence-electron chi connectivity index (χ3n) is 5.60. The van der Waals surface area contributed by atoms with Crippen molar-refractivity contribution in [2.45, 2.75) is 44.8 Å². The molecule has 3 atom stereocenters. The van der Waals surface area contributed by atoms with E-state index in [0.29, 0.717) is 32.7 Å². The summed E-state index contributed by atoms with van der Waals surface area (Å²) in [6, 6.07) is 8.55. The van der Waals surface area contributed by atoms with Gasteiger partial charge in [-0.15, -0.1) is 0 Å². The molecule has 0 bridgehead atoms. The van der Waals surface area contributed by atoms with Crippen molar-refractivity contribution in [1.29, 1.82) is 0 Å². The van der Waals surface area contributed by atoms with Crippen molar-refractivity contribution in [2.75, 3.05) is 32.8 Å². The zero-order valence-electron chi connectivity index (χ0n) is 15.1. The Morgan fingerprint density at radius 1 is 1.36 bits per heavy atom. The molecule has 3 rings (SSSR count). The summed E-state index contributed by atoms with van der Waals surface area (Å²) in [7, 11) is 0. The van der Waals surface area contributed by atoms with Gasteiger partial charge in [0, 0.05) is 25.1 Å². The topological polar surface area (TPSA) is 61.8 Å². The zero-order chi connectivity index (χ0) is 17.6. The van der Waals surface area contributed by atoms with Crippen LogP contribution in [0.15, 0.2) is 24.3 Å². The lowest BCUT2D eigenvalue weighted by atomic mass is 9.89. The van der Waals surface area contributed by atoms with Gasteiger partial charge < -0.3 is 15.2 Å². The van der Waals surface area contributed by atoms with Crippen molar-refractivity contribution < 1.29 is 14.6 Å². The highest BCUT2D eigenvalue weighted by molar-refractivity contribution is 5.78. The monoisotopic (exact) mass is 346 g/mol. The van der Waals surface area contributed by atoms with Gasteiger partial charge in [0.15, 0.2) is 0 Å². The normalized spacial score (nSPS) is 27.4. The van der Waals surface area contributed by atoms with Gasteiger partial charge in [-0.25, -0.2) is 0 Å². The molecule has 0 radical (unpaired) electrons. The average Bonchev–Trinajstić information content (AvgIpc) is 3.05. The van der Waals surface area contributed by atoms with Crippen LogP contribution in [0.3, 0.4) is 0 Å². The Balaban J connectivity index is 1.46. The number of nitrogens with zero attached hydrogens (tertiary/aromatic N) is 1. The summed E-state index contributed by atoms with van der Waals surface area (Å²) in [5.41, 5.74) is 2.55. The second-order valence-corrected chi connectivity index (χ2v) is 7.30. The van der Waals surface area contributed by atoms with Crippen LogP contribution in [0.5, 0.6) is 0 Å². The minimum atomic E-state index is -0.302. The first-order valence-corrected chi connectivity index (χ1v) is 9.46. The van der Waals surface area contributed by atoms with Gasteiger partial charge >= 0.3 is 0 Å². The number of aliphatic hydroxyl groups excluding tert-OH is 1. The number of aryl methyl sites for hydroxylation is 1. The summed E-state index contributed by atoms with van der Waals surface area (Å²) in [5.74, 6) is 0.211. The highest BCUT2D eigenvalue weighted by Crippen LogP contribution is 2.29. The van der Waals surface area contributed by atoms with Gasteiger partial charge in [-0.2, -0.15) is 0 Å². The highest BCUT2D eigenvalue weighted by Gasteiger charge is 2.37. The molecule has 0 unspecified atom stereocenters. The first-order valence-electron chi connectivity index (χ1n) is 9.46. The number of carbonyl (C=O) groups excluding carboxylic acids is 1. The summed E-state index contributed by atoms with van der Waals surface area (Å²) in [6.07, 6.45) is 3.39. The number of benzene rings is 1. The number of hydrogen-bond acceptors (Lipinski definition) is 4. The molecule has 1 aromatic rings. The van der Waals surface area contributed by atoms with Crippen LogP contribution < -0.4 is 5.32 Å². The Kier molecular flexibility index (Phi) is 6.45. The second-order valence-electron chi connectivity index (χ2n) is 7.30. The van der Waals surface area contributed by atoms with Crippen LogP contribution >= 0.6 is 0 Å². The lowest BCUT2D eigenvalue weighted by Gasteiger charge is -2.36. The summed E-state index contributed by atoms with van der Waals surface area (Å²) >= 11 is 0. The van der Waals surface area contributed by atoms with E-state index in [1.165, 1.54) is 11.1 Å². The minimum Gasteiger partial charge on any atom is -0.393 e. The number of nitrogens with one attached hydrogen (secondary N) is 1. The van der Waals surface area contributed by atoms with E-state index in [1.54, 1.807) is 0 Å². The number of amides is 1. The van der Waals surface area contributed by atoms with Gasteiger partial charge in [0.1, 0.15) is 0 Å². The Morgan fingerprint density at radius 3 is 3.00 bits per heavy atom. The summed E-state index contributed by atoms with van der Waals surface area (Å²) in [4.78, 5) is 14.6. The molecule has 5 heteroatoms. The third-order valence-corrected chi connectivity index (χ3v) is 5.60. The summed E-state index contributed by atoms with van der Waals surface area (Å²) in [6.45, 7) is 5.36. The van der Waals surface area contributed by atoms with Gasteiger partial charge in [-0.3, -0.25) is 9.69 Å². The standard InChI is InChI=1S/C20H30N2O3/c1-15-5-2-3-6-16(15)8-10-21-20(24)13-22-11-4-7-18(22)17-14-25-12-9-19(17)23/h2-3,5-6,17-19,23H,4,7-14H2,1H3,(H,21,24)/t17-,18+,19+/m0/s1. The maximum absolute atomic E-state index is 12.3. The molecular formula is C20H30N2O3. The van der Waals surface area contributed by atoms with Crippen molar-refractivity contribution in [3.05, 3.63) is 35.4 Å². The Morgan fingerprint density at radius 2 is 2.20 bits per heavy atom. The lowest BCUT2D eigenvalue weighted by Crippen LogP contribution is -2.48. The number of aliphatic hydroxyl groups is 1. The van der Waals surface area contributed by atoms with Crippen molar-refractivity contribution in [2.24, 2.45) is 5.92 Å². The van der Waals surface area contributed by atoms with Crippen LogP contribution in [0.25, 0.3) is 0 Å². The molecule has 1 aromatic carbocycles. The number of ether oxygens (including phenoxy) is 1. The molecule has 0 aromatic heterocycles. The van der Waals surface area contributed by atoms with Crippen LogP contribution in [0, 0.1) is 12.8 Å². The molecular weight excluding hydrogens is 316 g/mol. The van der Waals surface area contributed by atoms with Gasteiger partial charge in [0.25, 0.3) is 0 Å². The fraction of sp³-hybridized carbons (Fsp3) is 0.650. The fourth-order valence-corrected chi connectivity index (χ4v) is 4.12. The van der Waals surface area contributed by atoms with Gasteiger partial charge in [-0.05, 0) is 50.3 Å². The number of likely N-dealkylation sites (tertiary alicyclic amines) is 1. The highest BCUT2D eigenvalue weighted by atomic mass is 16.5. The second kappa shape index (κ2) is 8.79. The Labute approximate surface area is 150 Å². The molecule has 25 heavy (non-hydrogen) atoms. The maximum Gasteiger partial charge on any atom is 0.234 e. The molecule has 0 spiro atoms. The van der Waals surface area contributed by atoms with Crippen molar-refractivity contribution in [3.8, 4) is 0 Å². The minimum absolute atomic E-state index is 0.0756. The predicted molar refractivity (Wildman–Crippen MR) is 97.4 cm³/mol. The van der Waals surface area contributed by atoms with E-state index in [0.717, 1.165) is 25.8 Å². The number of rotatable bonds is 6. The van der Waals surface area contributed by atoms with Gasteiger partial charge in [0.05, 0.1) is 19.3 Å². The third kappa shape index (κ3) is 4.81. The SMILES string of the molecule is Cc1ccccc1CCNC(=O)CN1CCC[C@@H]1[C@@H]1COCC[C@H]1O. The molecule has 2 heterocycles. The van der Waals surface area contributed by atoms with E-state index in [1.807, 2.05) is 12.1 Å². The Hall–Kier alpha value is -1.43. The van der Waals surface area contributed by atoms with Crippen molar-refractivity contribution in [1.82, 2.24) is 10.2 Å². The largest absolute Gasteiger partial charge is 0.393 e. The van der Waals surface area contributed by atoms with Crippen LogP contribution in [-0.4, -0.2) is 60.9 Å². The molecule has 138 valence electrons. The first kappa shape index (κ1) is 18.4. The Bertz CT molecular complexity index is 578. The van der Waals surface area contributed by atoms with E-state index < -0.39 is 0 Å². The van der Waals surface area contributed by atoms with Crippen LogP contribution in [0.2, 0.25) is 0 Å². The zero-order valence-corrected chi connectivity index (χ0v) is 15.1. The van der Waals surface area contributed by atoms with E-state index in [9.17, 15) is 9.90 Å². The van der Waals surface area contributed by atoms with Gasteiger partial charge in [0.2, 0.25) is 5.91 Å². The van der Waals surface area contributed by atoms with E-state index in [-0.39, 0.29) is 24.0 Å². The van der Waals surface area contributed by atoms with Gasteiger partial charge in [-0.1, -0.05) is 24.3 Å². The molecule has 2 saturated heterocycles. The van der Waals surface area contributed by atoms with E-state index in [2.05, 4.69) is 29.3 Å². The van der Waals surface area contributed by atoms with E-state index >= 15 is 0 Å². The molecule has 2 fully saturated rings. The number of hydrogen-bond donors (Lipinski definition) is 2. The predicted octanol–water partition coefficient (Wildman–Crippen LogP) is 1.52. The quantitative estimate of drug-likeness (QED) is 0.820. The first-order chi connectivity index (χ1) is 12.1. The molecule has 5 nitrogen and oxygen atoms in total. The average molecular weight is 346 g/mol. The van der Waals surface area contributed by atoms with Crippen LogP contribution in [-0.2, 0) is 16.0 Å². The summed E-state index contributed by atoms with van der Waals surface area (Å²) in [5, 5.41) is 13.3. The van der Waals surface area contributed by atoms with Crippen LogP contribution in [0.4, 0.5) is 0 Å². The molecule has 2 aliphatic rings. The molecule has 0 saturated carbocycles. The van der Waals surface area contributed by atoms with Crippen LogP contribution in [0.1, 0.15) is 30.4 Å². The lowest BCUT2D eigenvalue weighted by molar-refractivity contribution is -0.123. The maximum atomic E-state index is 12.3.